The number of aromatic nitrogens is 6. The summed E-state index contributed by atoms with van der Waals surface area (Å²) in [4.78, 5) is 42.5. The van der Waals surface area contributed by atoms with Gasteiger partial charge in [0.25, 0.3) is 5.91 Å². The van der Waals surface area contributed by atoms with Crippen molar-refractivity contribution in [2.75, 3.05) is 6.61 Å². The number of hydrogen-bond acceptors (Lipinski definition) is 11. The molecule has 45 heavy (non-hydrogen) atoms. The summed E-state index contributed by atoms with van der Waals surface area (Å²) in [5, 5.41) is 19.8. The van der Waals surface area contributed by atoms with Crippen molar-refractivity contribution in [2.24, 2.45) is 4.99 Å². The van der Waals surface area contributed by atoms with E-state index in [4.69, 9.17) is 14.2 Å². The van der Waals surface area contributed by atoms with E-state index in [9.17, 15) is 14.4 Å². The zero-order valence-corrected chi connectivity index (χ0v) is 25.5. The molecule has 14 heteroatoms. The van der Waals surface area contributed by atoms with Gasteiger partial charge in [-0.05, 0) is 47.4 Å². The van der Waals surface area contributed by atoms with Gasteiger partial charge in [-0.2, -0.15) is 15.3 Å². The maximum atomic E-state index is 13.4. The normalized spacial score (nSPS) is 12.0. The van der Waals surface area contributed by atoms with Gasteiger partial charge in [0.2, 0.25) is 16.9 Å². The number of aryl methyl sites for hydroxylation is 1. The number of carbonyl (C=O) groups is 3. The molecule has 0 saturated carbocycles. The van der Waals surface area contributed by atoms with Gasteiger partial charge < -0.3 is 14.2 Å². The van der Waals surface area contributed by atoms with Crippen molar-refractivity contribution in [2.45, 2.75) is 40.0 Å². The Kier molecular flexibility index (Phi) is 9.84. The average Bonchev–Trinajstić information content (AvgIpc) is 3.72. The number of tetrazole rings is 1. The third-order valence-corrected chi connectivity index (χ3v) is 7.54. The predicted octanol–water partition coefficient (Wildman–Crippen LogP) is 4.82. The summed E-state index contributed by atoms with van der Waals surface area (Å²) in [5.41, 5.74) is 3.74. The number of hydrogen-bond donors (Lipinski definition) is 1. The number of nitrogens with zero attached hydrogens (tertiary/aromatic N) is 6. The van der Waals surface area contributed by atoms with Gasteiger partial charge in [-0.15, -0.1) is 10.2 Å². The summed E-state index contributed by atoms with van der Waals surface area (Å²) >= 11 is 1.29. The van der Waals surface area contributed by atoms with Gasteiger partial charge in [0.1, 0.15) is 5.01 Å². The molecular weight excluding hydrogens is 598 g/mol. The molecule has 0 aliphatic heterocycles. The van der Waals surface area contributed by atoms with Crippen LogP contribution in [0.4, 0.5) is 4.79 Å². The van der Waals surface area contributed by atoms with E-state index in [-0.39, 0.29) is 17.7 Å². The highest BCUT2D eigenvalue weighted by Gasteiger charge is 2.22. The Bertz CT molecular complexity index is 1870. The number of nitrogens with one attached hydrogen (secondary N) is 1. The summed E-state index contributed by atoms with van der Waals surface area (Å²) < 4.78 is 16.5. The summed E-state index contributed by atoms with van der Waals surface area (Å²) in [6, 6.07) is 21.9. The van der Waals surface area contributed by atoms with E-state index in [0.717, 1.165) is 27.3 Å². The highest BCUT2D eigenvalue weighted by molar-refractivity contribution is 7.08. The zero-order chi connectivity index (χ0) is 31.8. The summed E-state index contributed by atoms with van der Waals surface area (Å²) in [5.74, 6) is -0.988. The Morgan fingerprint density at radius 2 is 1.64 bits per heavy atom. The molecular formula is C31H29N7O6S. The highest BCUT2D eigenvalue weighted by Crippen LogP contribution is 2.29. The van der Waals surface area contributed by atoms with Crippen molar-refractivity contribution in [1.82, 2.24) is 30.4 Å². The number of carbonyl (C=O) groups excluding carboxylic acids is 3. The van der Waals surface area contributed by atoms with Crippen LogP contribution in [0.5, 0.6) is 0 Å². The standard InChI is InChI=1S/C31H29N7O6S/c1-4-26-35-38(18-20-14-16-21(17-15-20)22-10-6-7-11-23(22)27-33-36-37-34-27)30(45-26)32-28(39)24-12-8-9-13-25(24)29(40)43-19(3)44-31(41)42-5-2/h6-17,19H,4-5,18H2,1-3H3,(H,33,34,36,37). The van der Waals surface area contributed by atoms with Crippen LogP contribution < -0.4 is 4.80 Å². The first kappa shape index (κ1) is 30.9. The minimum atomic E-state index is -1.23. The minimum absolute atomic E-state index is 0.0194. The first-order valence-electron chi connectivity index (χ1n) is 14.1. The molecule has 13 nitrogen and oxygen atoms in total. The van der Waals surface area contributed by atoms with Crippen LogP contribution in [0.25, 0.3) is 22.5 Å². The lowest BCUT2D eigenvalue weighted by molar-refractivity contribution is -0.0811. The second-order valence-corrected chi connectivity index (χ2v) is 10.5. The van der Waals surface area contributed by atoms with Crippen LogP contribution >= 0.6 is 11.3 Å². The number of aromatic amines is 1. The predicted molar refractivity (Wildman–Crippen MR) is 163 cm³/mol. The average molecular weight is 628 g/mol. The first-order valence-corrected chi connectivity index (χ1v) is 14.9. The molecule has 0 saturated heterocycles. The molecule has 3 aromatic carbocycles. The molecule has 0 aliphatic rings. The van der Waals surface area contributed by atoms with Crippen LogP contribution in [-0.2, 0) is 27.2 Å². The summed E-state index contributed by atoms with van der Waals surface area (Å²) in [6.07, 6.45) is -1.55. The number of benzene rings is 3. The maximum absolute atomic E-state index is 13.4. The molecule has 2 aromatic heterocycles. The third kappa shape index (κ3) is 7.54. The van der Waals surface area contributed by atoms with Crippen molar-refractivity contribution in [3.05, 3.63) is 99.3 Å². The molecule has 0 radical (unpaired) electrons. The van der Waals surface area contributed by atoms with Crippen molar-refractivity contribution in [3.63, 3.8) is 0 Å². The van der Waals surface area contributed by atoms with Crippen molar-refractivity contribution in [1.29, 1.82) is 0 Å². The smallest absolute Gasteiger partial charge is 0.435 e. The van der Waals surface area contributed by atoms with Gasteiger partial charge in [0, 0.05) is 12.5 Å². The van der Waals surface area contributed by atoms with Crippen LogP contribution in [0.3, 0.4) is 0 Å². The third-order valence-electron chi connectivity index (χ3n) is 6.45. The van der Waals surface area contributed by atoms with Gasteiger partial charge in [-0.25, -0.2) is 14.3 Å². The Hall–Kier alpha value is -5.50. The number of amides is 1. The minimum Gasteiger partial charge on any atom is -0.435 e. The van der Waals surface area contributed by atoms with Crippen LogP contribution in [0, 0.1) is 0 Å². The fourth-order valence-electron chi connectivity index (χ4n) is 4.37. The quantitative estimate of drug-likeness (QED) is 0.168. The fraction of sp³-hybridized carbons (Fsp3) is 0.226. The van der Waals surface area contributed by atoms with E-state index in [1.54, 1.807) is 23.7 Å². The van der Waals surface area contributed by atoms with Crippen LogP contribution in [0.2, 0.25) is 0 Å². The molecule has 1 amide bonds. The molecule has 2 heterocycles. The summed E-state index contributed by atoms with van der Waals surface area (Å²) in [6.45, 7) is 5.43. The lowest BCUT2D eigenvalue weighted by atomic mass is 9.98. The second kappa shape index (κ2) is 14.3. The number of rotatable bonds is 10. The Morgan fingerprint density at radius 1 is 0.933 bits per heavy atom. The number of esters is 1. The molecule has 0 bridgehead atoms. The van der Waals surface area contributed by atoms with Gasteiger partial charge >= 0.3 is 12.1 Å². The van der Waals surface area contributed by atoms with E-state index >= 15 is 0 Å². The molecule has 0 aliphatic carbocycles. The Labute approximate surface area is 261 Å². The molecule has 1 N–H and O–H groups in total. The highest BCUT2D eigenvalue weighted by atomic mass is 32.1. The lowest BCUT2D eigenvalue weighted by Crippen LogP contribution is -2.24. The van der Waals surface area contributed by atoms with E-state index < -0.39 is 24.3 Å². The van der Waals surface area contributed by atoms with Crippen molar-refractivity contribution in [3.8, 4) is 22.5 Å². The molecule has 230 valence electrons. The second-order valence-electron chi connectivity index (χ2n) is 9.50. The first-order chi connectivity index (χ1) is 21.9. The molecule has 1 atom stereocenters. The topological polar surface area (TPSA) is 164 Å². The molecule has 0 fully saturated rings. The van der Waals surface area contributed by atoms with Gasteiger partial charge in [-0.3, -0.25) is 4.79 Å². The monoisotopic (exact) mass is 627 g/mol. The molecule has 5 rings (SSSR count). The van der Waals surface area contributed by atoms with E-state index in [0.29, 0.717) is 23.6 Å². The van der Waals surface area contributed by atoms with E-state index in [1.165, 1.54) is 30.4 Å². The van der Waals surface area contributed by atoms with Crippen LogP contribution in [0.1, 0.15) is 52.1 Å². The summed E-state index contributed by atoms with van der Waals surface area (Å²) in [7, 11) is 0. The van der Waals surface area contributed by atoms with E-state index in [2.05, 4.69) is 30.7 Å². The molecule has 5 aromatic rings. The van der Waals surface area contributed by atoms with Crippen molar-refractivity contribution < 1.29 is 28.6 Å². The van der Waals surface area contributed by atoms with Crippen LogP contribution in [0.15, 0.2) is 77.8 Å². The van der Waals surface area contributed by atoms with Gasteiger partial charge in [-0.1, -0.05) is 78.9 Å². The Balaban J connectivity index is 1.37. The lowest BCUT2D eigenvalue weighted by Gasteiger charge is -2.14. The van der Waals surface area contributed by atoms with Gasteiger partial charge in [0.05, 0.1) is 24.3 Å². The zero-order valence-electron chi connectivity index (χ0n) is 24.7. The van der Waals surface area contributed by atoms with Crippen LogP contribution in [-0.4, -0.2) is 61.3 Å². The van der Waals surface area contributed by atoms with E-state index in [1.807, 2.05) is 55.5 Å². The molecule has 0 spiro atoms. The van der Waals surface area contributed by atoms with Crippen molar-refractivity contribution >= 4 is 29.4 Å². The fourth-order valence-corrected chi connectivity index (χ4v) is 5.20. The van der Waals surface area contributed by atoms with Gasteiger partial charge in [0.15, 0.2) is 0 Å². The SMILES string of the molecule is CCOC(=O)OC(C)OC(=O)c1ccccc1C(=O)N=c1sc(CC)nn1Cc1ccc(-c2ccccc2-c2nn[nH]n2)cc1. The number of ether oxygens (including phenoxy) is 3. The largest absolute Gasteiger partial charge is 0.511 e. The Morgan fingerprint density at radius 3 is 2.33 bits per heavy atom. The maximum Gasteiger partial charge on any atom is 0.511 e. The molecule has 1 unspecified atom stereocenters. The number of H-pyrrole nitrogens is 1.